The number of rotatable bonds is 5. The molecule has 1 atom stereocenters. The predicted octanol–water partition coefficient (Wildman–Crippen LogP) is 2.46. The van der Waals surface area contributed by atoms with Crippen LogP contribution in [-0.4, -0.2) is 19.6 Å². The molecule has 0 bridgehead atoms. The van der Waals surface area contributed by atoms with Gasteiger partial charge in [-0.3, -0.25) is 0 Å². The molecule has 84 valence electrons. The van der Waals surface area contributed by atoms with E-state index in [4.69, 9.17) is 0 Å². The highest BCUT2D eigenvalue weighted by molar-refractivity contribution is 9.10. The second-order valence-corrected chi connectivity index (χ2v) is 4.78. The van der Waals surface area contributed by atoms with Gasteiger partial charge < -0.3 is 10.6 Å². The van der Waals surface area contributed by atoms with Crippen LogP contribution in [0.5, 0.6) is 0 Å². The van der Waals surface area contributed by atoms with Crippen molar-refractivity contribution in [2.45, 2.75) is 26.4 Å². The Bertz CT molecular complexity index is 312. The Kier molecular flexibility index (Phi) is 5.29. The largest absolute Gasteiger partial charge is 0.318 e. The van der Waals surface area contributed by atoms with Crippen LogP contribution in [0, 0.1) is 6.92 Å². The highest BCUT2D eigenvalue weighted by Gasteiger charge is 2.01. The van der Waals surface area contributed by atoms with E-state index < -0.39 is 0 Å². The van der Waals surface area contributed by atoms with Crippen molar-refractivity contribution in [2.75, 3.05) is 13.6 Å². The molecule has 0 aliphatic heterocycles. The van der Waals surface area contributed by atoms with Crippen molar-refractivity contribution < 1.29 is 0 Å². The molecule has 2 nitrogen and oxygen atoms in total. The van der Waals surface area contributed by atoms with Crippen molar-refractivity contribution in [3.05, 3.63) is 33.8 Å². The first-order valence-corrected chi connectivity index (χ1v) is 6.05. The molecular formula is C12H19BrN2. The van der Waals surface area contributed by atoms with Crippen LogP contribution in [0.3, 0.4) is 0 Å². The summed E-state index contributed by atoms with van der Waals surface area (Å²) in [5.41, 5.74) is 2.59. The number of halogens is 1. The van der Waals surface area contributed by atoms with Crippen molar-refractivity contribution in [2.24, 2.45) is 0 Å². The van der Waals surface area contributed by atoms with E-state index in [0.717, 1.165) is 13.1 Å². The summed E-state index contributed by atoms with van der Waals surface area (Å²) in [4.78, 5) is 0. The standard InChI is InChI=1S/C12H19BrN2/c1-9-4-5-11(6-12(9)13)8-15-10(2)7-14-3/h4-6,10,14-15H,7-8H2,1-3H3. The SMILES string of the molecule is CNCC(C)NCc1ccc(C)c(Br)c1. The second kappa shape index (κ2) is 6.26. The molecule has 0 fully saturated rings. The number of likely N-dealkylation sites (N-methyl/N-ethyl adjacent to an activating group) is 1. The molecule has 0 aromatic heterocycles. The number of hydrogen-bond acceptors (Lipinski definition) is 2. The Morgan fingerprint density at radius 1 is 1.40 bits per heavy atom. The van der Waals surface area contributed by atoms with Crippen LogP contribution in [0.4, 0.5) is 0 Å². The van der Waals surface area contributed by atoms with E-state index in [0.29, 0.717) is 6.04 Å². The average molecular weight is 271 g/mol. The smallest absolute Gasteiger partial charge is 0.0208 e. The molecule has 2 N–H and O–H groups in total. The van der Waals surface area contributed by atoms with Gasteiger partial charge in [0, 0.05) is 23.6 Å². The van der Waals surface area contributed by atoms with Crippen LogP contribution in [0.1, 0.15) is 18.1 Å². The van der Waals surface area contributed by atoms with Crippen LogP contribution in [0.2, 0.25) is 0 Å². The van der Waals surface area contributed by atoms with Crippen LogP contribution in [0.15, 0.2) is 22.7 Å². The van der Waals surface area contributed by atoms with Crippen molar-refractivity contribution in [3.63, 3.8) is 0 Å². The van der Waals surface area contributed by atoms with Crippen LogP contribution >= 0.6 is 15.9 Å². The molecule has 1 aromatic rings. The van der Waals surface area contributed by atoms with E-state index in [-0.39, 0.29) is 0 Å². The zero-order valence-corrected chi connectivity index (χ0v) is 11.2. The van der Waals surface area contributed by atoms with Gasteiger partial charge in [0.05, 0.1) is 0 Å². The van der Waals surface area contributed by atoms with Gasteiger partial charge in [0.1, 0.15) is 0 Å². The summed E-state index contributed by atoms with van der Waals surface area (Å²) < 4.78 is 1.18. The zero-order valence-electron chi connectivity index (χ0n) is 9.60. The summed E-state index contributed by atoms with van der Waals surface area (Å²) in [6, 6.07) is 6.98. The van der Waals surface area contributed by atoms with Crippen molar-refractivity contribution >= 4 is 15.9 Å². The Morgan fingerprint density at radius 2 is 2.13 bits per heavy atom. The van der Waals surface area contributed by atoms with E-state index in [1.54, 1.807) is 0 Å². The molecule has 0 heterocycles. The van der Waals surface area contributed by atoms with Gasteiger partial charge in [-0.25, -0.2) is 0 Å². The van der Waals surface area contributed by atoms with Gasteiger partial charge in [0.15, 0.2) is 0 Å². The minimum atomic E-state index is 0.495. The van der Waals surface area contributed by atoms with Gasteiger partial charge in [-0.2, -0.15) is 0 Å². The lowest BCUT2D eigenvalue weighted by Crippen LogP contribution is -2.34. The van der Waals surface area contributed by atoms with Gasteiger partial charge in [-0.05, 0) is 38.1 Å². The molecule has 0 radical (unpaired) electrons. The molecule has 0 saturated heterocycles. The fraction of sp³-hybridized carbons (Fsp3) is 0.500. The maximum Gasteiger partial charge on any atom is 0.0208 e. The molecule has 0 amide bonds. The lowest BCUT2D eigenvalue weighted by molar-refractivity contribution is 0.523. The molecule has 0 aliphatic rings. The highest BCUT2D eigenvalue weighted by atomic mass is 79.9. The van der Waals surface area contributed by atoms with Gasteiger partial charge in [0.2, 0.25) is 0 Å². The molecule has 0 aliphatic carbocycles. The minimum absolute atomic E-state index is 0.495. The van der Waals surface area contributed by atoms with E-state index in [1.807, 2.05) is 7.05 Å². The molecule has 1 aromatic carbocycles. The number of aryl methyl sites for hydroxylation is 1. The first-order valence-electron chi connectivity index (χ1n) is 5.26. The van der Waals surface area contributed by atoms with E-state index in [9.17, 15) is 0 Å². The fourth-order valence-corrected chi connectivity index (χ4v) is 1.84. The van der Waals surface area contributed by atoms with Crippen molar-refractivity contribution in [3.8, 4) is 0 Å². The topological polar surface area (TPSA) is 24.1 Å². The van der Waals surface area contributed by atoms with Crippen molar-refractivity contribution in [1.82, 2.24) is 10.6 Å². The molecule has 0 spiro atoms. The van der Waals surface area contributed by atoms with Crippen LogP contribution < -0.4 is 10.6 Å². The second-order valence-electron chi connectivity index (χ2n) is 3.92. The van der Waals surface area contributed by atoms with Gasteiger partial charge in [-0.15, -0.1) is 0 Å². The summed E-state index contributed by atoms with van der Waals surface area (Å²) in [5.74, 6) is 0. The van der Waals surface area contributed by atoms with Crippen LogP contribution in [-0.2, 0) is 6.54 Å². The fourth-order valence-electron chi connectivity index (χ4n) is 1.42. The normalized spacial score (nSPS) is 12.8. The predicted molar refractivity (Wildman–Crippen MR) is 69.1 cm³/mol. The summed E-state index contributed by atoms with van der Waals surface area (Å²) in [7, 11) is 1.97. The molecule has 15 heavy (non-hydrogen) atoms. The van der Waals surface area contributed by atoms with Gasteiger partial charge >= 0.3 is 0 Å². The number of nitrogens with one attached hydrogen (secondary N) is 2. The Hall–Kier alpha value is -0.380. The van der Waals surface area contributed by atoms with E-state index >= 15 is 0 Å². The molecular weight excluding hydrogens is 252 g/mol. The summed E-state index contributed by atoms with van der Waals surface area (Å²) in [6.07, 6.45) is 0. The lowest BCUT2D eigenvalue weighted by Gasteiger charge is -2.13. The molecule has 3 heteroatoms. The molecule has 1 rings (SSSR count). The quantitative estimate of drug-likeness (QED) is 0.859. The third-order valence-corrected chi connectivity index (χ3v) is 3.26. The third-order valence-electron chi connectivity index (χ3n) is 2.40. The zero-order chi connectivity index (χ0) is 11.3. The third kappa shape index (κ3) is 4.33. The number of benzene rings is 1. The summed E-state index contributed by atoms with van der Waals surface area (Å²) >= 11 is 3.54. The molecule has 1 unspecified atom stereocenters. The summed E-state index contributed by atoms with van der Waals surface area (Å²) in [6.45, 7) is 6.19. The maximum atomic E-state index is 3.54. The minimum Gasteiger partial charge on any atom is -0.318 e. The Labute approximate surface area is 101 Å². The highest BCUT2D eigenvalue weighted by Crippen LogP contribution is 2.17. The Morgan fingerprint density at radius 3 is 2.73 bits per heavy atom. The number of hydrogen-bond donors (Lipinski definition) is 2. The lowest BCUT2D eigenvalue weighted by atomic mass is 10.1. The average Bonchev–Trinajstić information content (AvgIpc) is 2.20. The summed E-state index contributed by atoms with van der Waals surface area (Å²) in [5, 5.41) is 6.62. The van der Waals surface area contributed by atoms with E-state index in [1.165, 1.54) is 15.6 Å². The van der Waals surface area contributed by atoms with E-state index in [2.05, 4.69) is 58.6 Å². The molecule has 0 saturated carbocycles. The first-order chi connectivity index (χ1) is 7.13. The first kappa shape index (κ1) is 12.7. The monoisotopic (exact) mass is 270 g/mol. The Balaban J connectivity index is 2.47. The van der Waals surface area contributed by atoms with Crippen molar-refractivity contribution in [1.29, 1.82) is 0 Å². The maximum absolute atomic E-state index is 3.54. The van der Waals surface area contributed by atoms with Gasteiger partial charge in [-0.1, -0.05) is 28.1 Å². The van der Waals surface area contributed by atoms with Gasteiger partial charge in [0.25, 0.3) is 0 Å². The van der Waals surface area contributed by atoms with Crippen LogP contribution in [0.25, 0.3) is 0 Å².